The van der Waals surface area contributed by atoms with Crippen LogP contribution in [0.1, 0.15) is 11.6 Å². The second-order valence-electron chi connectivity index (χ2n) is 2.80. The van der Waals surface area contributed by atoms with Gasteiger partial charge in [-0.05, 0) is 17.7 Å². The highest BCUT2D eigenvalue weighted by Gasteiger charge is 2.37. The zero-order valence-electron chi connectivity index (χ0n) is 6.98. The van der Waals surface area contributed by atoms with Gasteiger partial charge in [0.25, 0.3) is 0 Å². The van der Waals surface area contributed by atoms with E-state index in [4.69, 9.17) is 11.5 Å². The first-order chi connectivity index (χ1) is 6.32. The maximum Gasteiger partial charge on any atom is 0.407 e. The molecule has 0 saturated heterocycles. The van der Waals surface area contributed by atoms with E-state index in [1.807, 2.05) is 0 Å². The normalized spacial score (nSPS) is 14.1. The van der Waals surface area contributed by atoms with Crippen molar-refractivity contribution in [2.45, 2.75) is 12.2 Å². The number of hydrogen-bond donors (Lipinski definition) is 2. The van der Waals surface area contributed by atoms with Crippen LogP contribution in [0.5, 0.6) is 0 Å². The van der Waals surface area contributed by atoms with Crippen LogP contribution in [0.15, 0.2) is 18.2 Å². The van der Waals surface area contributed by atoms with Crippen molar-refractivity contribution in [1.82, 2.24) is 0 Å². The number of alkyl halides is 3. The zero-order valence-corrected chi connectivity index (χ0v) is 6.98. The largest absolute Gasteiger partial charge is 0.407 e. The Bertz CT molecular complexity index is 335. The number of nitrogen functional groups attached to an aromatic ring is 1. The van der Waals surface area contributed by atoms with Crippen LogP contribution in [0.4, 0.5) is 23.2 Å². The molecule has 78 valence electrons. The summed E-state index contributed by atoms with van der Waals surface area (Å²) in [5.74, 6) is -0.761. The van der Waals surface area contributed by atoms with Crippen molar-refractivity contribution in [2.75, 3.05) is 5.73 Å². The molecule has 0 saturated carbocycles. The van der Waals surface area contributed by atoms with E-state index in [-0.39, 0.29) is 11.3 Å². The number of halogens is 4. The predicted molar refractivity (Wildman–Crippen MR) is 43.8 cm³/mol. The van der Waals surface area contributed by atoms with Crippen LogP contribution >= 0.6 is 0 Å². The first-order valence-corrected chi connectivity index (χ1v) is 3.69. The van der Waals surface area contributed by atoms with E-state index in [2.05, 4.69) is 0 Å². The Kier molecular flexibility index (Phi) is 2.66. The summed E-state index contributed by atoms with van der Waals surface area (Å²) in [5, 5.41) is 0. The maximum absolute atomic E-state index is 12.6. The third-order valence-corrected chi connectivity index (χ3v) is 1.73. The van der Waals surface area contributed by atoms with Gasteiger partial charge in [0.05, 0.1) is 5.69 Å². The van der Waals surface area contributed by atoms with Crippen LogP contribution in [-0.4, -0.2) is 6.18 Å². The van der Waals surface area contributed by atoms with Crippen molar-refractivity contribution in [3.63, 3.8) is 0 Å². The molecule has 1 atom stereocenters. The molecule has 6 heteroatoms. The molecule has 0 heterocycles. The lowest BCUT2D eigenvalue weighted by Gasteiger charge is -2.16. The molecular weight excluding hydrogens is 200 g/mol. The molecule has 0 aliphatic heterocycles. The summed E-state index contributed by atoms with van der Waals surface area (Å²) in [5.41, 5.74) is 9.39. The van der Waals surface area contributed by atoms with E-state index < -0.39 is 18.0 Å². The van der Waals surface area contributed by atoms with E-state index in [9.17, 15) is 17.6 Å². The van der Waals surface area contributed by atoms with Crippen molar-refractivity contribution >= 4 is 5.69 Å². The molecule has 0 aliphatic rings. The summed E-state index contributed by atoms with van der Waals surface area (Å²) in [7, 11) is 0. The van der Waals surface area contributed by atoms with Crippen molar-refractivity contribution in [2.24, 2.45) is 5.73 Å². The van der Waals surface area contributed by atoms with Crippen molar-refractivity contribution in [3.05, 3.63) is 29.6 Å². The van der Waals surface area contributed by atoms with Gasteiger partial charge >= 0.3 is 6.18 Å². The SMILES string of the molecule is Nc1cc([C@@H](N)C(F)(F)F)ccc1F. The lowest BCUT2D eigenvalue weighted by molar-refractivity contribution is -0.149. The molecule has 0 aliphatic carbocycles. The quantitative estimate of drug-likeness (QED) is 0.547. The lowest BCUT2D eigenvalue weighted by Crippen LogP contribution is -2.28. The van der Waals surface area contributed by atoms with E-state index in [0.29, 0.717) is 0 Å². The molecule has 0 bridgehead atoms. The summed E-state index contributed by atoms with van der Waals surface area (Å²) < 4.78 is 48.9. The molecule has 0 amide bonds. The number of hydrogen-bond acceptors (Lipinski definition) is 2. The zero-order chi connectivity index (χ0) is 10.9. The van der Waals surface area contributed by atoms with Crippen molar-refractivity contribution < 1.29 is 17.6 Å². The first kappa shape index (κ1) is 10.8. The Labute approximate surface area is 77.5 Å². The Morgan fingerprint density at radius 2 is 1.79 bits per heavy atom. The van der Waals surface area contributed by atoms with Crippen molar-refractivity contribution in [3.8, 4) is 0 Å². The fourth-order valence-electron chi connectivity index (χ4n) is 0.945. The Hall–Kier alpha value is -1.30. The average Bonchev–Trinajstić information content (AvgIpc) is 2.07. The molecule has 4 N–H and O–H groups in total. The summed E-state index contributed by atoms with van der Waals surface area (Å²) in [6.07, 6.45) is -4.55. The van der Waals surface area contributed by atoms with E-state index in [0.717, 1.165) is 18.2 Å². The number of nitrogens with two attached hydrogens (primary N) is 2. The Morgan fingerprint density at radius 1 is 1.21 bits per heavy atom. The Morgan fingerprint density at radius 3 is 2.21 bits per heavy atom. The molecule has 0 spiro atoms. The monoisotopic (exact) mass is 208 g/mol. The summed E-state index contributed by atoms with van der Waals surface area (Å²) >= 11 is 0. The van der Waals surface area contributed by atoms with Crippen LogP contribution in [0.2, 0.25) is 0 Å². The van der Waals surface area contributed by atoms with Gasteiger partial charge in [-0.2, -0.15) is 13.2 Å². The van der Waals surface area contributed by atoms with Gasteiger partial charge in [-0.3, -0.25) is 0 Å². The lowest BCUT2D eigenvalue weighted by atomic mass is 10.1. The highest BCUT2D eigenvalue weighted by molar-refractivity contribution is 5.43. The molecular formula is C8H8F4N2. The van der Waals surface area contributed by atoms with Crippen molar-refractivity contribution in [1.29, 1.82) is 0 Å². The molecule has 0 aromatic heterocycles. The van der Waals surface area contributed by atoms with Crippen LogP contribution in [0.3, 0.4) is 0 Å². The van der Waals surface area contributed by atoms with Crippen LogP contribution in [0.25, 0.3) is 0 Å². The van der Waals surface area contributed by atoms with E-state index in [1.165, 1.54) is 0 Å². The van der Waals surface area contributed by atoms with Crippen LogP contribution in [0, 0.1) is 5.82 Å². The standard InChI is InChI=1S/C8H8F4N2/c9-5-2-1-4(3-6(5)13)7(14)8(10,11)12/h1-3,7H,13-14H2/t7-/m1/s1. The fourth-order valence-corrected chi connectivity index (χ4v) is 0.945. The van der Waals surface area contributed by atoms with Gasteiger partial charge in [0, 0.05) is 0 Å². The van der Waals surface area contributed by atoms with Crippen LogP contribution < -0.4 is 11.5 Å². The summed E-state index contributed by atoms with van der Waals surface area (Å²) in [6, 6.07) is 0.568. The highest BCUT2D eigenvalue weighted by atomic mass is 19.4. The second-order valence-corrected chi connectivity index (χ2v) is 2.80. The molecule has 1 rings (SSSR count). The third kappa shape index (κ3) is 2.14. The number of benzene rings is 1. The Balaban J connectivity index is 3.03. The fraction of sp³-hybridized carbons (Fsp3) is 0.250. The molecule has 0 fully saturated rings. The number of rotatable bonds is 1. The maximum atomic E-state index is 12.6. The predicted octanol–water partition coefficient (Wildman–Crippen LogP) is 1.97. The van der Waals surface area contributed by atoms with Gasteiger partial charge < -0.3 is 11.5 Å². The number of anilines is 1. The second kappa shape index (κ2) is 3.45. The summed E-state index contributed by atoms with van der Waals surface area (Å²) in [6.45, 7) is 0. The highest BCUT2D eigenvalue weighted by Crippen LogP contribution is 2.31. The first-order valence-electron chi connectivity index (χ1n) is 3.69. The van der Waals surface area contributed by atoms with Gasteiger partial charge in [-0.15, -0.1) is 0 Å². The third-order valence-electron chi connectivity index (χ3n) is 1.73. The smallest absolute Gasteiger partial charge is 0.396 e. The van der Waals surface area contributed by atoms with Gasteiger partial charge in [0.1, 0.15) is 11.9 Å². The molecule has 1 aromatic rings. The van der Waals surface area contributed by atoms with E-state index in [1.54, 1.807) is 0 Å². The van der Waals surface area contributed by atoms with Gasteiger partial charge in [-0.1, -0.05) is 6.07 Å². The molecule has 14 heavy (non-hydrogen) atoms. The molecule has 0 radical (unpaired) electrons. The van der Waals surface area contributed by atoms with Gasteiger partial charge in [0.15, 0.2) is 0 Å². The topological polar surface area (TPSA) is 52.0 Å². The molecule has 2 nitrogen and oxygen atoms in total. The average molecular weight is 208 g/mol. The minimum Gasteiger partial charge on any atom is -0.396 e. The van der Waals surface area contributed by atoms with E-state index >= 15 is 0 Å². The van der Waals surface area contributed by atoms with Gasteiger partial charge in [0.2, 0.25) is 0 Å². The molecule has 1 aromatic carbocycles. The minimum absolute atomic E-state index is 0.253. The summed E-state index contributed by atoms with van der Waals surface area (Å²) in [4.78, 5) is 0. The minimum atomic E-state index is -4.55. The molecule has 0 unspecified atom stereocenters. The van der Waals surface area contributed by atoms with Crippen LogP contribution in [-0.2, 0) is 0 Å². The van der Waals surface area contributed by atoms with Gasteiger partial charge in [-0.25, -0.2) is 4.39 Å².